The molecule has 2 aromatic carbocycles. The van der Waals surface area contributed by atoms with Gasteiger partial charge in [-0.2, -0.15) is 0 Å². The van der Waals surface area contributed by atoms with Gasteiger partial charge in [-0.1, -0.05) is 30.3 Å². The molecule has 5 nitrogen and oxygen atoms in total. The first-order valence-electron chi connectivity index (χ1n) is 7.69. The zero-order valence-electron chi connectivity index (χ0n) is 13.6. The van der Waals surface area contributed by atoms with Crippen LogP contribution in [-0.4, -0.2) is 23.8 Å². The number of halogens is 1. The average molecular weight is 332 g/mol. The number of anilines is 1. The van der Waals surface area contributed by atoms with E-state index in [1.807, 2.05) is 32.0 Å². The standard InChI is InChI=1S/C18H21FN2O3/c1-12(2)24-14-8-9-16(15(19)10-14)20-18(23)21-17(11-22)13-6-4-3-5-7-13/h3-10,12,17,22H,11H2,1-2H3,(H2,20,21,23)/t17-/m0/s1. The van der Waals surface area contributed by atoms with Crippen LogP contribution in [0, 0.1) is 5.82 Å². The van der Waals surface area contributed by atoms with Gasteiger partial charge in [-0.15, -0.1) is 0 Å². The van der Waals surface area contributed by atoms with Crippen LogP contribution >= 0.6 is 0 Å². The predicted molar refractivity (Wildman–Crippen MR) is 90.6 cm³/mol. The molecule has 0 aliphatic carbocycles. The van der Waals surface area contributed by atoms with Crippen LogP contribution in [0.15, 0.2) is 48.5 Å². The summed E-state index contributed by atoms with van der Waals surface area (Å²) in [5.41, 5.74) is 0.796. The Morgan fingerprint density at radius 3 is 2.50 bits per heavy atom. The summed E-state index contributed by atoms with van der Waals surface area (Å²) < 4.78 is 19.4. The summed E-state index contributed by atoms with van der Waals surface area (Å²) >= 11 is 0. The molecule has 0 spiro atoms. The highest BCUT2D eigenvalue weighted by Crippen LogP contribution is 2.22. The Balaban J connectivity index is 2.01. The number of hydrogen-bond donors (Lipinski definition) is 3. The molecule has 0 aliphatic heterocycles. The number of rotatable bonds is 6. The van der Waals surface area contributed by atoms with Gasteiger partial charge in [-0.25, -0.2) is 9.18 Å². The van der Waals surface area contributed by atoms with Gasteiger partial charge in [0.05, 0.1) is 24.4 Å². The van der Waals surface area contributed by atoms with E-state index in [0.29, 0.717) is 5.75 Å². The van der Waals surface area contributed by atoms with Crippen LogP contribution in [0.4, 0.5) is 14.9 Å². The van der Waals surface area contributed by atoms with Crippen LogP contribution in [0.2, 0.25) is 0 Å². The minimum Gasteiger partial charge on any atom is -0.491 e. The van der Waals surface area contributed by atoms with Gasteiger partial charge in [0.25, 0.3) is 0 Å². The molecule has 0 bridgehead atoms. The Hall–Kier alpha value is -2.60. The molecule has 0 aliphatic rings. The summed E-state index contributed by atoms with van der Waals surface area (Å²) in [6, 6.07) is 12.1. The largest absolute Gasteiger partial charge is 0.491 e. The molecule has 3 N–H and O–H groups in total. The van der Waals surface area contributed by atoms with E-state index in [1.165, 1.54) is 12.1 Å². The average Bonchev–Trinajstić information content (AvgIpc) is 2.55. The Morgan fingerprint density at radius 1 is 1.21 bits per heavy atom. The van der Waals surface area contributed by atoms with Crippen molar-refractivity contribution in [2.24, 2.45) is 0 Å². The Labute approximate surface area is 140 Å². The predicted octanol–water partition coefficient (Wildman–Crippen LogP) is 3.47. The van der Waals surface area contributed by atoms with Crippen molar-refractivity contribution in [1.82, 2.24) is 5.32 Å². The summed E-state index contributed by atoms with van der Waals surface area (Å²) in [5.74, 6) is -0.200. The Morgan fingerprint density at radius 2 is 1.92 bits per heavy atom. The smallest absolute Gasteiger partial charge is 0.319 e. The molecular weight excluding hydrogens is 311 g/mol. The third kappa shape index (κ3) is 4.96. The fourth-order valence-corrected chi connectivity index (χ4v) is 2.18. The molecule has 0 saturated heterocycles. The number of aliphatic hydroxyl groups excluding tert-OH is 1. The maximum atomic E-state index is 14.0. The fraction of sp³-hybridized carbons (Fsp3) is 0.278. The first kappa shape index (κ1) is 17.7. The lowest BCUT2D eigenvalue weighted by Gasteiger charge is -2.17. The zero-order chi connectivity index (χ0) is 17.5. The highest BCUT2D eigenvalue weighted by atomic mass is 19.1. The lowest BCUT2D eigenvalue weighted by molar-refractivity contribution is 0.225. The quantitative estimate of drug-likeness (QED) is 0.758. The Bertz CT molecular complexity index is 677. The number of ether oxygens (including phenoxy) is 1. The van der Waals surface area contributed by atoms with Crippen molar-refractivity contribution >= 4 is 11.7 Å². The molecule has 0 aromatic heterocycles. The highest BCUT2D eigenvalue weighted by molar-refractivity contribution is 5.89. The number of hydrogen-bond acceptors (Lipinski definition) is 3. The van der Waals surface area contributed by atoms with Gasteiger partial charge in [-0.05, 0) is 31.5 Å². The molecule has 0 fully saturated rings. The van der Waals surface area contributed by atoms with E-state index in [2.05, 4.69) is 10.6 Å². The molecule has 0 heterocycles. The molecule has 128 valence electrons. The van der Waals surface area contributed by atoms with E-state index in [-0.39, 0.29) is 18.4 Å². The number of benzene rings is 2. The van der Waals surface area contributed by atoms with Crippen LogP contribution in [0.25, 0.3) is 0 Å². The van der Waals surface area contributed by atoms with E-state index < -0.39 is 17.9 Å². The van der Waals surface area contributed by atoms with Crippen molar-refractivity contribution < 1.29 is 19.0 Å². The van der Waals surface area contributed by atoms with Crippen molar-refractivity contribution in [2.45, 2.75) is 26.0 Å². The van der Waals surface area contributed by atoms with Gasteiger partial charge in [0, 0.05) is 6.07 Å². The second-order valence-electron chi connectivity index (χ2n) is 5.55. The van der Waals surface area contributed by atoms with Crippen molar-refractivity contribution in [3.05, 3.63) is 59.9 Å². The second-order valence-corrected chi connectivity index (χ2v) is 5.55. The van der Waals surface area contributed by atoms with E-state index in [4.69, 9.17) is 4.74 Å². The molecule has 2 amide bonds. The van der Waals surface area contributed by atoms with Crippen LogP contribution < -0.4 is 15.4 Å². The van der Waals surface area contributed by atoms with Crippen molar-refractivity contribution in [3.8, 4) is 5.75 Å². The molecule has 2 rings (SSSR count). The molecule has 24 heavy (non-hydrogen) atoms. The molecule has 6 heteroatoms. The molecule has 0 unspecified atom stereocenters. The van der Waals surface area contributed by atoms with Crippen LogP contribution in [-0.2, 0) is 0 Å². The van der Waals surface area contributed by atoms with E-state index in [0.717, 1.165) is 5.56 Å². The van der Waals surface area contributed by atoms with Gasteiger partial charge >= 0.3 is 6.03 Å². The van der Waals surface area contributed by atoms with Gasteiger partial charge < -0.3 is 20.5 Å². The summed E-state index contributed by atoms with van der Waals surface area (Å²) in [7, 11) is 0. The molecule has 0 radical (unpaired) electrons. The second kappa shape index (κ2) is 8.31. The summed E-state index contributed by atoms with van der Waals surface area (Å²) in [4.78, 5) is 12.0. The van der Waals surface area contributed by atoms with E-state index in [1.54, 1.807) is 18.2 Å². The molecule has 1 atom stereocenters. The molecule has 2 aromatic rings. The fourth-order valence-electron chi connectivity index (χ4n) is 2.18. The maximum Gasteiger partial charge on any atom is 0.319 e. The zero-order valence-corrected chi connectivity index (χ0v) is 13.6. The van der Waals surface area contributed by atoms with Crippen molar-refractivity contribution in [3.63, 3.8) is 0 Å². The van der Waals surface area contributed by atoms with Gasteiger partial charge in [0.2, 0.25) is 0 Å². The minimum atomic E-state index is -0.602. The van der Waals surface area contributed by atoms with Gasteiger partial charge in [0.1, 0.15) is 11.6 Å². The van der Waals surface area contributed by atoms with Crippen molar-refractivity contribution in [2.75, 3.05) is 11.9 Å². The van der Waals surface area contributed by atoms with Crippen LogP contribution in [0.5, 0.6) is 5.75 Å². The third-order valence-corrected chi connectivity index (χ3v) is 3.25. The number of aliphatic hydroxyl groups is 1. The van der Waals surface area contributed by atoms with Crippen LogP contribution in [0.3, 0.4) is 0 Å². The number of carbonyl (C=O) groups is 1. The Kier molecular flexibility index (Phi) is 6.14. The number of urea groups is 1. The summed E-state index contributed by atoms with van der Waals surface area (Å²) in [6.07, 6.45) is -0.0670. The SMILES string of the molecule is CC(C)Oc1ccc(NC(=O)N[C@@H](CO)c2ccccc2)c(F)c1. The summed E-state index contributed by atoms with van der Waals surface area (Å²) in [6.45, 7) is 3.42. The number of carbonyl (C=O) groups excluding carboxylic acids is 1. The minimum absolute atomic E-state index is 0.0355. The first-order valence-corrected chi connectivity index (χ1v) is 7.69. The first-order chi connectivity index (χ1) is 11.5. The molecular formula is C18H21FN2O3. The van der Waals surface area contributed by atoms with E-state index in [9.17, 15) is 14.3 Å². The monoisotopic (exact) mass is 332 g/mol. The van der Waals surface area contributed by atoms with Crippen LogP contribution in [0.1, 0.15) is 25.5 Å². The topological polar surface area (TPSA) is 70.6 Å². The van der Waals surface area contributed by atoms with Gasteiger partial charge in [-0.3, -0.25) is 0 Å². The lowest BCUT2D eigenvalue weighted by Crippen LogP contribution is -2.34. The van der Waals surface area contributed by atoms with E-state index >= 15 is 0 Å². The highest BCUT2D eigenvalue weighted by Gasteiger charge is 2.15. The third-order valence-electron chi connectivity index (χ3n) is 3.25. The lowest BCUT2D eigenvalue weighted by atomic mass is 10.1. The normalized spacial score (nSPS) is 11.9. The maximum absolute atomic E-state index is 14.0. The van der Waals surface area contributed by atoms with Gasteiger partial charge in [0.15, 0.2) is 0 Å². The number of nitrogens with one attached hydrogen (secondary N) is 2. The molecule has 0 saturated carbocycles. The number of amides is 2. The summed E-state index contributed by atoms with van der Waals surface area (Å²) in [5, 5.41) is 14.5. The van der Waals surface area contributed by atoms with Crippen molar-refractivity contribution in [1.29, 1.82) is 0 Å².